The van der Waals surface area contributed by atoms with E-state index >= 15 is 0 Å². The molecule has 1 N–H and O–H groups in total. The summed E-state index contributed by atoms with van der Waals surface area (Å²) >= 11 is 0. The second kappa shape index (κ2) is 7.24. The zero-order valence-electron chi connectivity index (χ0n) is 14.0. The van der Waals surface area contributed by atoms with Gasteiger partial charge in [-0.2, -0.15) is 0 Å². The molecular formula is C18H31NO. The van der Waals surface area contributed by atoms with Gasteiger partial charge in [0.05, 0.1) is 6.10 Å². The van der Waals surface area contributed by atoms with Gasteiger partial charge >= 0.3 is 0 Å². The summed E-state index contributed by atoms with van der Waals surface area (Å²) in [4.78, 5) is 2.17. The van der Waals surface area contributed by atoms with Crippen molar-refractivity contribution in [3.05, 3.63) is 35.4 Å². The van der Waals surface area contributed by atoms with Gasteiger partial charge in [0, 0.05) is 5.54 Å². The largest absolute Gasteiger partial charge is 0.386 e. The van der Waals surface area contributed by atoms with Crippen molar-refractivity contribution in [2.45, 2.75) is 58.6 Å². The van der Waals surface area contributed by atoms with Gasteiger partial charge < -0.3 is 10.0 Å². The van der Waals surface area contributed by atoms with Crippen LogP contribution in [0.4, 0.5) is 0 Å². The number of benzene rings is 1. The summed E-state index contributed by atoms with van der Waals surface area (Å²) in [7, 11) is 4.13. The van der Waals surface area contributed by atoms with Crippen molar-refractivity contribution in [1.29, 1.82) is 0 Å². The molecule has 0 fully saturated rings. The fourth-order valence-corrected chi connectivity index (χ4v) is 3.19. The molecule has 0 aliphatic heterocycles. The molecule has 0 radical (unpaired) electrons. The van der Waals surface area contributed by atoms with Crippen LogP contribution >= 0.6 is 0 Å². The van der Waals surface area contributed by atoms with Crippen LogP contribution in [0.25, 0.3) is 0 Å². The molecule has 1 rings (SSSR count). The number of likely N-dealkylation sites (N-methyl/N-ethyl adjacent to an activating group) is 1. The SMILES string of the molecule is CCC(CC)(C(O)c1cccc(CC(C)C)c1)N(C)C. The van der Waals surface area contributed by atoms with Crippen LogP contribution in [0.15, 0.2) is 24.3 Å². The summed E-state index contributed by atoms with van der Waals surface area (Å²) in [6, 6.07) is 8.46. The highest BCUT2D eigenvalue weighted by Gasteiger charge is 2.37. The molecular weight excluding hydrogens is 246 g/mol. The van der Waals surface area contributed by atoms with Gasteiger partial charge in [-0.15, -0.1) is 0 Å². The molecule has 1 aromatic rings. The zero-order valence-corrected chi connectivity index (χ0v) is 14.0. The molecule has 0 saturated heterocycles. The van der Waals surface area contributed by atoms with Gasteiger partial charge in [0.1, 0.15) is 0 Å². The van der Waals surface area contributed by atoms with E-state index in [0.29, 0.717) is 5.92 Å². The third-order valence-electron chi connectivity index (χ3n) is 4.53. The van der Waals surface area contributed by atoms with E-state index in [4.69, 9.17) is 0 Å². The Hall–Kier alpha value is -0.860. The van der Waals surface area contributed by atoms with Crippen LogP contribution in [0.1, 0.15) is 57.8 Å². The number of hydrogen-bond acceptors (Lipinski definition) is 2. The molecule has 20 heavy (non-hydrogen) atoms. The molecule has 0 aliphatic carbocycles. The van der Waals surface area contributed by atoms with E-state index in [1.807, 2.05) is 0 Å². The molecule has 2 heteroatoms. The topological polar surface area (TPSA) is 23.5 Å². The molecule has 1 unspecified atom stereocenters. The van der Waals surface area contributed by atoms with E-state index < -0.39 is 6.10 Å². The predicted molar refractivity (Wildman–Crippen MR) is 86.9 cm³/mol. The molecule has 0 saturated carbocycles. The van der Waals surface area contributed by atoms with Gasteiger partial charge in [0.2, 0.25) is 0 Å². The van der Waals surface area contributed by atoms with Gasteiger partial charge in [0.25, 0.3) is 0 Å². The smallest absolute Gasteiger partial charge is 0.0973 e. The van der Waals surface area contributed by atoms with Crippen LogP contribution in [0, 0.1) is 5.92 Å². The summed E-state index contributed by atoms with van der Waals surface area (Å²) in [5, 5.41) is 10.9. The van der Waals surface area contributed by atoms with Crippen LogP contribution in [0.3, 0.4) is 0 Å². The Morgan fingerprint density at radius 3 is 2.20 bits per heavy atom. The molecule has 0 heterocycles. The third-order valence-corrected chi connectivity index (χ3v) is 4.53. The van der Waals surface area contributed by atoms with Gasteiger partial charge in [-0.25, -0.2) is 0 Å². The lowest BCUT2D eigenvalue weighted by Gasteiger charge is -2.43. The molecule has 114 valence electrons. The van der Waals surface area contributed by atoms with Crippen molar-refractivity contribution in [3.8, 4) is 0 Å². The number of rotatable bonds is 7. The first-order valence-electron chi connectivity index (χ1n) is 7.81. The van der Waals surface area contributed by atoms with Gasteiger partial charge in [-0.3, -0.25) is 0 Å². The summed E-state index contributed by atoms with van der Waals surface area (Å²) in [6.07, 6.45) is 2.49. The Morgan fingerprint density at radius 1 is 1.15 bits per heavy atom. The monoisotopic (exact) mass is 277 g/mol. The van der Waals surface area contributed by atoms with E-state index in [1.165, 1.54) is 5.56 Å². The van der Waals surface area contributed by atoms with Crippen molar-refractivity contribution in [2.24, 2.45) is 5.92 Å². The maximum absolute atomic E-state index is 10.9. The van der Waals surface area contributed by atoms with E-state index in [9.17, 15) is 5.11 Å². The predicted octanol–water partition coefficient (Wildman–Crippen LogP) is 4.04. The first-order valence-corrected chi connectivity index (χ1v) is 7.81. The fourth-order valence-electron chi connectivity index (χ4n) is 3.19. The normalized spacial score (nSPS) is 14.1. The Balaban J connectivity index is 3.09. The number of hydrogen-bond donors (Lipinski definition) is 1. The van der Waals surface area contributed by atoms with Crippen molar-refractivity contribution < 1.29 is 5.11 Å². The van der Waals surface area contributed by atoms with Crippen molar-refractivity contribution in [1.82, 2.24) is 4.90 Å². The maximum Gasteiger partial charge on any atom is 0.0973 e. The summed E-state index contributed by atoms with van der Waals surface area (Å²) in [5.74, 6) is 0.637. The maximum atomic E-state index is 10.9. The highest BCUT2D eigenvalue weighted by atomic mass is 16.3. The minimum Gasteiger partial charge on any atom is -0.386 e. The fraction of sp³-hybridized carbons (Fsp3) is 0.667. The first-order chi connectivity index (χ1) is 9.37. The quantitative estimate of drug-likeness (QED) is 0.813. The van der Waals surface area contributed by atoms with Crippen LogP contribution < -0.4 is 0 Å². The number of aliphatic hydroxyl groups is 1. The third kappa shape index (κ3) is 3.62. The summed E-state index contributed by atoms with van der Waals surface area (Å²) in [5.41, 5.74) is 2.17. The molecule has 2 nitrogen and oxygen atoms in total. The van der Waals surface area contributed by atoms with Crippen molar-refractivity contribution in [3.63, 3.8) is 0 Å². The highest BCUT2D eigenvalue weighted by molar-refractivity contribution is 5.28. The van der Waals surface area contributed by atoms with Crippen LogP contribution in [-0.4, -0.2) is 29.6 Å². The molecule has 1 aromatic carbocycles. The molecule has 0 aliphatic rings. The highest BCUT2D eigenvalue weighted by Crippen LogP contribution is 2.36. The minimum absolute atomic E-state index is 0.184. The Bertz CT molecular complexity index is 408. The van der Waals surface area contributed by atoms with E-state index in [-0.39, 0.29) is 5.54 Å². The summed E-state index contributed by atoms with van der Waals surface area (Å²) in [6.45, 7) is 8.77. The Labute approximate surface area is 124 Å². The van der Waals surface area contributed by atoms with E-state index in [1.54, 1.807) is 0 Å². The van der Waals surface area contributed by atoms with Gasteiger partial charge in [-0.1, -0.05) is 52.0 Å². The summed E-state index contributed by atoms with van der Waals surface area (Å²) < 4.78 is 0. The second-order valence-electron chi connectivity index (χ2n) is 6.45. The standard InChI is InChI=1S/C18H31NO/c1-7-18(8-2,19(5)6)17(20)16-11-9-10-15(13-16)12-14(3)4/h9-11,13-14,17,20H,7-8,12H2,1-6H3. The zero-order chi connectivity index (χ0) is 15.3. The molecule has 1 atom stereocenters. The van der Waals surface area contributed by atoms with Crippen molar-refractivity contribution >= 4 is 0 Å². The van der Waals surface area contributed by atoms with Crippen LogP contribution in [0.5, 0.6) is 0 Å². The van der Waals surface area contributed by atoms with E-state index in [0.717, 1.165) is 24.8 Å². The number of aliphatic hydroxyl groups excluding tert-OH is 1. The lowest BCUT2D eigenvalue weighted by atomic mass is 9.81. The second-order valence-corrected chi connectivity index (χ2v) is 6.45. The number of nitrogens with zero attached hydrogens (tertiary/aromatic N) is 1. The Morgan fingerprint density at radius 2 is 1.75 bits per heavy atom. The average molecular weight is 277 g/mol. The molecule has 0 spiro atoms. The lowest BCUT2D eigenvalue weighted by Crippen LogP contribution is -2.48. The minimum atomic E-state index is -0.445. The van der Waals surface area contributed by atoms with Gasteiger partial charge in [0.15, 0.2) is 0 Å². The van der Waals surface area contributed by atoms with E-state index in [2.05, 4.69) is 71.0 Å². The first kappa shape index (κ1) is 17.2. The van der Waals surface area contributed by atoms with Crippen molar-refractivity contribution in [2.75, 3.05) is 14.1 Å². The van der Waals surface area contributed by atoms with Gasteiger partial charge in [-0.05, 0) is 50.4 Å². The molecule has 0 amide bonds. The Kier molecular flexibility index (Phi) is 6.22. The average Bonchev–Trinajstić information content (AvgIpc) is 2.39. The molecule has 0 bridgehead atoms. The lowest BCUT2D eigenvalue weighted by molar-refractivity contribution is -0.0150. The van der Waals surface area contributed by atoms with Crippen LogP contribution in [0.2, 0.25) is 0 Å². The molecule has 0 aromatic heterocycles. The van der Waals surface area contributed by atoms with Crippen LogP contribution in [-0.2, 0) is 6.42 Å².